The molecule has 0 fully saturated rings. The Kier molecular flexibility index (Phi) is 2.39. The Morgan fingerprint density at radius 1 is 1.06 bits per heavy atom. The quantitative estimate of drug-likeness (QED) is 0.350. The molecule has 3 N–H and O–H groups in total. The fraction of sp³-hybridized carbons (Fsp3) is 0. The first-order valence-electron chi connectivity index (χ1n) is 3.85. The van der Waals surface area contributed by atoms with Crippen LogP contribution in [0.3, 0.4) is 0 Å². The van der Waals surface area contributed by atoms with Gasteiger partial charge in [-0.3, -0.25) is 9.11 Å². The van der Waals surface area contributed by atoms with Gasteiger partial charge in [0.1, 0.15) is 5.52 Å². The van der Waals surface area contributed by atoms with E-state index < -0.39 is 30.4 Å². The minimum absolute atomic E-state index is 0.264. The molecule has 0 atom stereocenters. The van der Waals surface area contributed by atoms with Gasteiger partial charge in [0.05, 0.1) is 6.33 Å². The fourth-order valence-electron chi connectivity index (χ4n) is 1.09. The third-order valence-corrected chi connectivity index (χ3v) is 3.14. The average molecular weight is 280 g/mol. The van der Waals surface area contributed by atoms with Crippen LogP contribution in [0, 0.1) is 0 Å². The highest BCUT2D eigenvalue weighted by molar-refractivity contribution is 7.86. The molecule has 2 aromatic rings. The summed E-state index contributed by atoms with van der Waals surface area (Å²) in [6.45, 7) is 0. The zero-order valence-corrected chi connectivity index (χ0v) is 9.40. The molecule has 0 bridgehead atoms. The molecule has 0 spiro atoms. The molecule has 92 valence electrons. The molecule has 0 aliphatic rings. The van der Waals surface area contributed by atoms with E-state index in [1.807, 2.05) is 0 Å². The van der Waals surface area contributed by atoms with Crippen LogP contribution in [-0.4, -0.2) is 45.9 Å². The lowest BCUT2D eigenvalue weighted by atomic mass is 10.6. The van der Waals surface area contributed by atoms with Gasteiger partial charge in [-0.1, -0.05) is 0 Å². The van der Waals surface area contributed by atoms with Gasteiger partial charge in [-0.15, -0.1) is 0 Å². The topological polar surface area (TPSA) is 163 Å². The van der Waals surface area contributed by atoms with Crippen molar-refractivity contribution in [3.63, 3.8) is 0 Å². The SMILES string of the molecule is O=S(=O)(O)c1nc(S(=O)(=O)O)c2[nH]cnc2n1. The Balaban J connectivity index is 2.96. The lowest BCUT2D eigenvalue weighted by Gasteiger charge is -2.00. The average Bonchev–Trinajstić information content (AvgIpc) is 2.59. The van der Waals surface area contributed by atoms with Gasteiger partial charge in [0.15, 0.2) is 5.65 Å². The maximum absolute atomic E-state index is 11.0. The van der Waals surface area contributed by atoms with Gasteiger partial charge in [-0.25, -0.2) is 4.98 Å². The molecule has 0 aliphatic heterocycles. The molecule has 2 rings (SSSR count). The van der Waals surface area contributed by atoms with Crippen molar-refractivity contribution in [2.24, 2.45) is 0 Å². The van der Waals surface area contributed by atoms with E-state index in [0.29, 0.717) is 0 Å². The van der Waals surface area contributed by atoms with Gasteiger partial charge in [-0.05, 0) is 0 Å². The molecule has 17 heavy (non-hydrogen) atoms. The Morgan fingerprint density at radius 2 is 1.71 bits per heavy atom. The van der Waals surface area contributed by atoms with Crippen molar-refractivity contribution in [3.8, 4) is 0 Å². The summed E-state index contributed by atoms with van der Waals surface area (Å²) >= 11 is 0. The summed E-state index contributed by atoms with van der Waals surface area (Å²) in [5.74, 6) is 0. The third kappa shape index (κ3) is 2.10. The maximum atomic E-state index is 11.0. The normalized spacial score (nSPS) is 13.1. The summed E-state index contributed by atoms with van der Waals surface area (Å²) in [7, 11) is -9.59. The lowest BCUT2D eigenvalue weighted by Crippen LogP contribution is -2.11. The van der Waals surface area contributed by atoms with Crippen molar-refractivity contribution in [1.29, 1.82) is 0 Å². The molecule has 2 aromatic heterocycles. The van der Waals surface area contributed by atoms with E-state index in [-0.39, 0.29) is 11.2 Å². The minimum atomic E-state index is -4.81. The van der Waals surface area contributed by atoms with Crippen LogP contribution in [0.15, 0.2) is 16.5 Å². The van der Waals surface area contributed by atoms with E-state index in [4.69, 9.17) is 9.11 Å². The van der Waals surface area contributed by atoms with E-state index in [9.17, 15) is 16.8 Å². The van der Waals surface area contributed by atoms with Crippen LogP contribution in [0.1, 0.15) is 0 Å². The highest BCUT2D eigenvalue weighted by Crippen LogP contribution is 2.17. The zero-order chi connectivity index (χ0) is 12.8. The Labute approximate surface area is 94.2 Å². The van der Waals surface area contributed by atoms with Crippen molar-refractivity contribution in [2.75, 3.05) is 0 Å². The summed E-state index contributed by atoms with van der Waals surface area (Å²) in [5.41, 5.74) is -0.583. The second kappa shape index (κ2) is 3.43. The maximum Gasteiger partial charge on any atom is 0.330 e. The van der Waals surface area contributed by atoms with Crippen LogP contribution >= 0.6 is 0 Å². The monoisotopic (exact) mass is 280 g/mol. The van der Waals surface area contributed by atoms with E-state index in [1.54, 1.807) is 0 Å². The van der Waals surface area contributed by atoms with Crippen molar-refractivity contribution >= 4 is 31.4 Å². The summed E-state index contributed by atoms with van der Waals surface area (Å²) in [6.07, 6.45) is 1.03. The van der Waals surface area contributed by atoms with E-state index in [2.05, 4.69) is 19.9 Å². The molecule has 12 heteroatoms. The van der Waals surface area contributed by atoms with Gasteiger partial charge < -0.3 is 4.98 Å². The minimum Gasteiger partial charge on any atom is -0.341 e. The number of aromatic nitrogens is 4. The number of nitrogens with zero attached hydrogens (tertiary/aromatic N) is 3. The fourth-order valence-corrected chi connectivity index (χ4v) is 2.17. The number of aromatic amines is 1. The van der Waals surface area contributed by atoms with Crippen LogP contribution < -0.4 is 0 Å². The second-order valence-corrected chi connectivity index (χ2v) is 5.51. The molecule has 0 amide bonds. The van der Waals surface area contributed by atoms with Crippen molar-refractivity contribution < 1.29 is 25.9 Å². The van der Waals surface area contributed by atoms with Crippen LogP contribution in [0.2, 0.25) is 0 Å². The summed E-state index contributed by atoms with van der Waals surface area (Å²) in [4.78, 5) is 12.2. The smallest absolute Gasteiger partial charge is 0.330 e. The van der Waals surface area contributed by atoms with Crippen LogP contribution in [0.4, 0.5) is 0 Å². The number of fused-ring (bicyclic) bond motifs is 1. The molecule has 2 heterocycles. The van der Waals surface area contributed by atoms with Crippen molar-refractivity contribution in [1.82, 2.24) is 19.9 Å². The predicted octanol–water partition coefficient (Wildman–Crippen LogP) is -1.15. The van der Waals surface area contributed by atoms with Gasteiger partial charge in [0.2, 0.25) is 5.03 Å². The highest BCUT2D eigenvalue weighted by Gasteiger charge is 2.24. The van der Waals surface area contributed by atoms with E-state index >= 15 is 0 Å². The second-order valence-electron chi connectivity index (χ2n) is 2.86. The van der Waals surface area contributed by atoms with Crippen LogP contribution in [0.25, 0.3) is 11.2 Å². The largest absolute Gasteiger partial charge is 0.341 e. The Bertz CT molecular complexity index is 791. The standard InChI is InChI=1S/C5H4N4O6S2/c10-16(11,12)4-2-3(7-1-6-2)8-5(9-4)17(13,14)15/h1H,(H,10,11,12)(H,13,14,15)(H,6,7,8,9). The molecule has 0 saturated carbocycles. The Hall–Kier alpha value is -1.63. The van der Waals surface area contributed by atoms with Crippen molar-refractivity contribution in [2.45, 2.75) is 10.2 Å². The van der Waals surface area contributed by atoms with Gasteiger partial charge in [0, 0.05) is 0 Å². The number of H-pyrrole nitrogens is 1. The van der Waals surface area contributed by atoms with Gasteiger partial charge in [-0.2, -0.15) is 26.8 Å². The van der Waals surface area contributed by atoms with Crippen LogP contribution in [0.5, 0.6) is 0 Å². The van der Waals surface area contributed by atoms with E-state index in [0.717, 1.165) is 6.33 Å². The lowest BCUT2D eigenvalue weighted by molar-refractivity contribution is 0.468. The number of rotatable bonds is 2. The number of hydrogen-bond donors (Lipinski definition) is 3. The molecule has 10 nitrogen and oxygen atoms in total. The van der Waals surface area contributed by atoms with Crippen LogP contribution in [-0.2, 0) is 20.2 Å². The summed E-state index contributed by atoms with van der Waals surface area (Å²) < 4.78 is 61.1. The number of imidazole rings is 1. The van der Waals surface area contributed by atoms with Gasteiger partial charge >= 0.3 is 20.2 Å². The zero-order valence-electron chi connectivity index (χ0n) is 7.76. The number of nitrogens with one attached hydrogen (secondary N) is 1. The third-order valence-electron chi connectivity index (χ3n) is 1.71. The molecule has 0 aromatic carbocycles. The molecular formula is C5H4N4O6S2. The first-order chi connectivity index (χ1) is 7.69. The number of hydrogen-bond acceptors (Lipinski definition) is 7. The first kappa shape index (κ1) is 11.8. The molecule has 0 aliphatic carbocycles. The molecule has 0 radical (unpaired) electrons. The highest BCUT2D eigenvalue weighted by atomic mass is 32.2. The predicted molar refractivity (Wildman–Crippen MR) is 51.3 cm³/mol. The summed E-state index contributed by atoms with van der Waals surface area (Å²) in [5, 5.41) is -2.14. The molecule has 0 saturated heterocycles. The first-order valence-corrected chi connectivity index (χ1v) is 6.74. The summed E-state index contributed by atoms with van der Waals surface area (Å²) in [6, 6.07) is 0. The molecular weight excluding hydrogens is 276 g/mol. The van der Waals surface area contributed by atoms with Gasteiger partial charge in [0.25, 0.3) is 5.16 Å². The Morgan fingerprint density at radius 3 is 2.24 bits per heavy atom. The molecule has 0 unspecified atom stereocenters. The van der Waals surface area contributed by atoms with Crippen molar-refractivity contribution in [3.05, 3.63) is 6.33 Å². The van der Waals surface area contributed by atoms with E-state index in [1.165, 1.54) is 0 Å².